The minimum Gasteiger partial charge on any atom is -0.343 e. The van der Waals surface area contributed by atoms with Crippen molar-refractivity contribution in [2.24, 2.45) is 7.05 Å². The molecule has 2 unspecified atom stereocenters. The van der Waals surface area contributed by atoms with Crippen molar-refractivity contribution in [2.75, 3.05) is 0 Å². The van der Waals surface area contributed by atoms with E-state index in [1.165, 1.54) is 0 Å². The number of nitrogens with zero attached hydrogens (tertiary/aromatic N) is 3. The van der Waals surface area contributed by atoms with Crippen LogP contribution in [0.25, 0.3) is 0 Å². The standard InChI is InChI=1S/C14H22N4O2/c1-5-6-12-14(20)18(10(3)13(19)15-12)8-11-7-9(2)16-17(11)4/h7,10,12H,5-6,8H2,1-4H3,(H,15,19). The van der Waals surface area contributed by atoms with Gasteiger partial charge in [0, 0.05) is 7.05 Å². The summed E-state index contributed by atoms with van der Waals surface area (Å²) < 4.78 is 1.76. The first kappa shape index (κ1) is 14.6. The average Bonchev–Trinajstić information content (AvgIpc) is 2.70. The minimum absolute atomic E-state index is 0.00203. The van der Waals surface area contributed by atoms with Gasteiger partial charge in [-0.2, -0.15) is 5.10 Å². The summed E-state index contributed by atoms with van der Waals surface area (Å²) in [5.74, 6) is -0.0836. The lowest BCUT2D eigenvalue weighted by Gasteiger charge is -2.37. The van der Waals surface area contributed by atoms with Crippen molar-refractivity contribution in [3.8, 4) is 0 Å². The summed E-state index contributed by atoms with van der Waals surface area (Å²) in [4.78, 5) is 26.1. The number of aryl methyl sites for hydroxylation is 2. The van der Waals surface area contributed by atoms with Crippen LogP contribution >= 0.6 is 0 Å². The largest absolute Gasteiger partial charge is 0.343 e. The van der Waals surface area contributed by atoms with E-state index in [9.17, 15) is 9.59 Å². The summed E-state index contributed by atoms with van der Waals surface area (Å²) >= 11 is 0. The zero-order chi connectivity index (χ0) is 14.9. The lowest BCUT2D eigenvalue weighted by atomic mass is 10.0. The van der Waals surface area contributed by atoms with Crippen LogP contribution in [0.15, 0.2) is 6.07 Å². The first-order valence-corrected chi connectivity index (χ1v) is 7.04. The first-order chi connectivity index (χ1) is 9.43. The van der Waals surface area contributed by atoms with Gasteiger partial charge in [0.2, 0.25) is 11.8 Å². The van der Waals surface area contributed by atoms with Crippen LogP contribution in [0, 0.1) is 6.92 Å². The van der Waals surface area contributed by atoms with Crippen LogP contribution in [0.3, 0.4) is 0 Å². The summed E-state index contributed by atoms with van der Waals surface area (Å²) in [6, 6.07) is 1.12. The molecule has 1 aromatic rings. The lowest BCUT2D eigenvalue weighted by Crippen LogP contribution is -2.61. The van der Waals surface area contributed by atoms with Crippen LogP contribution in [0.5, 0.6) is 0 Å². The summed E-state index contributed by atoms with van der Waals surface area (Å²) in [7, 11) is 1.85. The van der Waals surface area contributed by atoms with Gasteiger partial charge in [0.1, 0.15) is 12.1 Å². The second-order valence-electron chi connectivity index (χ2n) is 5.39. The normalized spacial score (nSPS) is 23.1. The van der Waals surface area contributed by atoms with Crippen molar-refractivity contribution in [2.45, 2.75) is 52.2 Å². The predicted molar refractivity (Wildman–Crippen MR) is 74.8 cm³/mol. The van der Waals surface area contributed by atoms with Gasteiger partial charge in [0.15, 0.2) is 0 Å². The molecular weight excluding hydrogens is 256 g/mol. The smallest absolute Gasteiger partial charge is 0.246 e. The van der Waals surface area contributed by atoms with Crippen LogP contribution in [0.2, 0.25) is 0 Å². The van der Waals surface area contributed by atoms with Gasteiger partial charge in [0.05, 0.1) is 17.9 Å². The molecule has 0 radical (unpaired) electrons. The highest BCUT2D eigenvalue weighted by Gasteiger charge is 2.37. The van der Waals surface area contributed by atoms with E-state index in [4.69, 9.17) is 0 Å². The predicted octanol–water partition coefficient (Wildman–Crippen LogP) is 0.744. The fourth-order valence-corrected chi connectivity index (χ4v) is 2.57. The third-order valence-electron chi connectivity index (χ3n) is 3.75. The number of aromatic nitrogens is 2. The lowest BCUT2D eigenvalue weighted by molar-refractivity contribution is -0.149. The summed E-state index contributed by atoms with van der Waals surface area (Å²) in [5, 5.41) is 7.08. The number of hydrogen-bond acceptors (Lipinski definition) is 3. The number of hydrogen-bond donors (Lipinski definition) is 1. The molecule has 6 nitrogen and oxygen atoms in total. The van der Waals surface area contributed by atoms with Gasteiger partial charge in [-0.05, 0) is 26.3 Å². The molecule has 6 heteroatoms. The SMILES string of the molecule is CCCC1NC(=O)C(C)N(Cc2cc(C)nn2C)C1=O. The number of carbonyl (C=O) groups is 2. The molecule has 2 atom stereocenters. The second kappa shape index (κ2) is 5.64. The summed E-state index contributed by atoms with van der Waals surface area (Å²) in [5.41, 5.74) is 1.85. The maximum Gasteiger partial charge on any atom is 0.246 e. The molecule has 1 fully saturated rings. The third-order valence-corrected chi connectivity index (χ3v) is 3.75. The Bertz CT molecular complexity index is 523. The van der Waals surface area contributed by atoms with Crippen LogP contribution < -0.4 is 5.32 Å². The monoisotopic (exact) mass is 278 g/mol. The molecule has 0 bridgehead atoms. The molecule has 20 heavy (non-hydrogen) atoms. The van der Waals surface area contributed by atoms with Crippen molar-refractivity contribution < 1.29 is 9.59 Å². The molecule has 2 amide bonds. The molecule has 2 heterocycles. The van der Waals surface area contributed by atoms with Crippen molar-refractivity contribution in [1.82, 2.24) is 20.0 Å². The van der Waals surface area contributed by atoms with Crippen LogP contribution in [0.4, 0.5) is 0 Å². The summed E-state index contributed by atoms with van der Waals surface area (Å²) in [6.45, 7) is 6.10. The molecule has 1 saturated heterocycles. The Morgan fingerprint density at radius 2 is 2.10 bits per heavy atom. The Kier molecular flexibility index (Phi) is 4.11. The molecule has 1 aromatic heterocycles. The van der Waals surface area contributed by atoms with E-state index in [-0.39, 0.29) is 11.8 Å². The van der Waals surface area contributed by atoms with E-state index >= 15 is 0 Å². The van der Waals surface area contributed by atoms with Crippen LogP contribution in [0.1, 0.15) is 38.1 Å². The van der Waals surface area contributed by atoms with Crippen molar-refractivity contribution in [3.05, 3.63) is 17.5 Å². The van der Waals surface area contributed by atoms with E-state index in [1.807, 2.05) is 27.0 Å². The number of carbonyl (C=O) groups excluding carboxylic acids is 2. The maximum absolute atomic E-state index is 12.5. The quantitative estimate of drug-likeness (QED) is 0.883. The van der Waals surface area contributed by atoms with Crippen molar-refractivity contribution in [3.63, 3.8) is 0 Å². The van der Waals surface area contributed by atoms with Gasteiger partial charge in [-0.1, -0.05) is 13.3 Å². The molecule has 1 N–H and O–H groups in total. The molecule has 1 aliphatic rings. The Labute approximate surface area is 119 Å². The van der Waals surface area contributed by atoms with Gasteiger partial charge in [-0.15, -0.1) is 0 Å². The van der Waals surface area contributed by atoms with Crippen molar-refractivity contribution >= 4 is 11.8 Å². The van der Waals surface area contributed by atoms with Gasteiger partial charge >= 0.3 is 0 Å². The van der Waals surface area contributed by atoms with Gasteiger partial charge in [0.25, 0.3) is 0 Å². The zero-order valence-electron chi connectivity index (χ0n) is 12.5. The molecule has 110 valence electrons. The highest BCUT2D eigenvalue weighted by molar-refractivity contribution is 5.96. The topological polar surface area (TPSA) is 67.2 Å². The Balaban J connectivity index is 2.20. The highest BCUT2D eigenvalue weighted by Crippen LogP contribution is 2.17. The molecule has 0 saturated carbocycles. The van der Waals surface area contributed by atoms with E-state index in [0.717, 1.165) is 17.8 Å². The van der Waals surface area contributed by atoms with Crippen molar-refractivity contribution in [1.29, 1.82) is 0 Å². The fraction of sp³-hybridized carbons (Fsp3) is 0.643. The minimum atomic E-state index is -0.439. The number of nitrogens with one attached hydrogen (secondary N) is 1. The van der Waals surface area contributed by atoms with Gasteiger partial charge < -0.3 is 10.2 Å². The van der Waals surface area contributed by atoms with E-state index in [0.29, 0.717) is 13.0 Å². The van der Waals surface area contributed by atoms with Crippen LogP contribution in [-0.2, 0) is 23.2 Å². The van der Waals surface area contributed by atoms with E-state index < -0.39 is 12.1 Å². The molecular formula is C14H22N4O2. The molecule has 0 aromatic carbocycles. The van der Waals surface area contributed by atoms with Crippen LogP contribution in [-0.4, -0.2) is 38.6 Å². The second-order valence-corrected chi connectivity index (χ2v) is 5.39. The van der Waals surface area contributed by atoms with Gasteiger partial charge in [-0.25, -0.2) is 0 Å². The number of rotatable bonds is 4. The summed E-state index contributed by atoms with van der Waals surface area (Å²) in [6.07, 6.45) is 1.54. The van der Waals surface area contributed by atoms with Gasteiger partial charge in [-0.3, -0.25) is 14.3 Å². The zero-order valence-corrected chi connectivity index (χ0v) is 12.5. The average molecular weight is 278 g/mol. The number of amides is 2. The molecule has 2 rings (SSSR count). The third kappa shape index (κ3) is 2.69. The Hall–Kier alpha value is -1.85. The van der Waals surface area contributed by atoms with E-state index in [1.54, 1.807) is 16.5 Å². The Morgan fingerprint density at radius 3 is 2.65 bits per heavy atom. The molecule has 0 aliphatic carbocycles. The Morgan fingerprint density at radius 1 is 1.40 bits per heavy atom. The maximum atomic E-state index is 12.5. The highest BCUT2D eigenvalue weighted by atomic mass is 16.2. The van der Waals surface area contributed by atoms with E-state index in [2.05, 4.69) is 10.4 Å². The first-order valence-electron chi connectivity index (χ1n) is 7.04. The number of piperazine rings is 1. The molecule has 0 spiro atoms. The fourth-order valence-electron chi connectivity index (χ4n) is 2.57. The molecule has 1 aliphatic heterocycles.